The highest BCUT2D eigenvalue weighted by Gasteiger charge is 2.23. The third-order valence-corrected chi connectivity index (χ3v) is 10.9. The summed E-state index contributed by atoms with van der Waals surface area (Å²) >= 11 is 0. The molecular formula is C48H89N2O6P. The van der Waals surface area contributed by atoms with Crippen molar-refractivity contribution in [1.82, 2.24) is 5.32 Å². The van der Waals surface area contributed by atoms with E-state index in [9.17, 15) is 19.4 Å². The molecule has 0 aromatic carbocycles. The largest absolute Gasteiger partial charge is 0.756 e. The van der Waals surface area contributed by atoms with Crippen molar-refractivity contribution in [3.63, 3.8) is 0 Å². The van der Waals surface area contributed by atoms with Crippen molar-refractivity contribution in [2.45, 2.75) is 199 Å². The van der Waals surface area contributed by atoms with Gasteiger partial charge in [0.15, 0.2) is 0 Å². The highest BCUT2D eigenvalue weighted by molar-refractivity contribution is 7.45. The molecule has 9 heteroatoms. The van der Waals surface area contributed by atoms with E-state index in [1.807, 2.05) is 27.2 Å². The molecule has 0 radical (unpaired) electrons. The summed E-state index contributed by atoms with van der Waals surface area (Å²) in [7, 11) is 1.22. The Morgan fingerprint density at radius 2 is 1.04 bits per heavy atom. The Kier molecular flexibility index (Phi) is 38.4. The summed E-state index contributed by atoms with van der Waals surface area (Å²) in [5, 5.41) is 13.8. The van der Waals surface area contributed by atoms with Crippen molar-refractivity contribution < 1.29 is 32.9 Å². The number of aliphatic hydroxyl groups excluding tert-OH is 1. The van der Waals surface area contributed by atoms with Gasteiger partial charge in [-0.25, -0.2) is 0 Å². The van der Waals surface area contributed by atoms with E-state index < -0.39 is 26.6 Å². The first-order valence-electron chi connectivity index (χ1n) is 23.2. The number of unbranched alkanes of at least 4 members (excludes halogenated alkanes) is 20. The third kappa shape index (κ3) is 42.1. The van der Waals surface area contributed by atoms with E-state index >= 15 is 0 Å². The zero-order valence-electron chi connectivity index (χ0n) is 37.5. The van der Waals surface area contributed by atoms with Crippen LogP contribution >= 0.6 is 7.82 Å². The topological polar surface area (TPSA) is 108 Å². The van der Waals surface area contributed by atoms with Crippen LogP contribution < -0.4 is 10.2 Å². The van der Waals surface area contributed by atoms with E-state index in [-0.39, 0.29) is 12.5 Å². The molecule has 3 unspecified atom stereocenters. The van der Waals surface area contributed by atoms with Crippen LogP contribution in [0.2, 0.25) is 0 Å². The number of nitrogens with zero attached hydrogens (tertiary/aromatic N) is 1. The molecule has 0 aliphatic rings. The maximum atomic E-state index is 12.8. The Hall–Kier alpha value is -1.80. The fourth-order valence-corrected chi connectivity index (χ4v) is 6.94. The Morgan fingerprint density at radius 3 is 1.56 bits per heavy atom. The summed E-state index contributed by atoms with van der Waals surface area (Å²) in [5.41, 5.74) is 0. The van der Waals surface area contributed by atoms with E-state index in [0.717, 1.165) is 70.6 Å². The number of amides is 1. The fourth-order valence-electron chi connectivity index (χ4n) is 6.21. The zero-order valence-corrected chi connectivity index (χ0v) is 38.4. The number of carbonyl (C=O) groups excluding carboxylic acids is 1. The zero-order chi connectivity index (χ0) is 42.1. The molecule has 57 heavy (non-hydrogen) atoms. The Labute approximate surface area is 351 Å². The van der Waals surface area contributed by atoms with Gasteiger partial charge in [0.25, 0.3) is 7.82 Å². The minimum atomic E-state index is -4.61. The molecule has 8 nitrogen and oxygen atoms in total. The van der Waals surface area contributed by atoms with Gasteiger partial charge < -0.3 is 28.8 Å². The molecule has 0 aliphatic carbocycles. The van der Waals surface area contributed by atoms with Crippen LogP contribution in [0.1, 0.15) is 187 Å². The lowest BCUT2D eigenvalue weighted by Crippen LogP contribution is -2.45. The van der Waals surface area contributed by atoms with Crippen molar-refractivity contribution in [3.05, 3.63) is 60.8 Å². The molecule has 1 amide bonds. The summed E-state index contributed by atoms with van der Waals surface area (Å²) in [6.45, 7) is 4.56. The van der Waals surface area contributed by atoms with Gasteiger partial charge in [-0.05, 0) is 77.0 Å². The molecule has 0 saturated heterocycles. The first kappa shape index (κ1) is 55.2. The van der Waals surface area contributed by atoms with Gasteiger partial charge in [-0.15, -0.1) is 0 Å². The number of nitrogens with one attached hydrogen (secondary N) is 1. The molecule has 0 aromatic heterocycles. The van der Waals surface area contributed by atoms with Crippen LogP contribution in [0.15, 0.2) is 60.8 Å². The molecular weight excluding hydrogens is 732 g/mol. The molecule has 0 heterocycles. The lowest BCUT2D eigenvalue weighted by molar-refractivity contribution is -0.870. The van der Waals surface area contributed by atoms with Crippen LogP contribution in [0.5, 0.6) is 0 Å². The normalized spacial score (nSPS) is 14.9. The van der Waals surface area contributed by atoms with Crippen molar-refractivity contribution in [3.8, 4) is 0 Å². The smallest absolute Gasteiger partial charge is 0.268 e. The summed E-state index contributed by atoms with van der Waals surface area (Å²) in [5.74, 6) is -0.228. The van der Waals surface area contributed by atoms with Crippen LogP contribution in [0, 0.1) is 0 Å². The second-order valence-electron chi connectivity index (χ2n) is 16.7. The number of phosphoric ester groups is 1. The standard InChI is InChI=1S/C48H89N2O6P/c1-6-8-10-12-14-16-18-20-22-23-24-25-26-28-29-31-33-35-37-39-41-47(51)46(45-56-57(53,54)55-44-43-50(3,4)5)49-48(52)42-40-38-36-34-32-30-27-21-19-17-15-13-11-9-7-2/h15,17,21,25-27,31,33,39,41,46-47,51H,6-14,16,18-20,22-24,28-30,32,34-38,40,42-45H2,1-5H3,(H-,49,52,53,54)/b17-15-,26-25+,27-21-,33-31+,41-39+. The molecule has 0 spiro atoms. The van der Waals surface area contributed by atoms with Crippen LogP contribution in [0.3, 0.4) is 0 Å². The number of allylic oxidation sites excluding steroid dienone is 9. The van der Waals surface area contributed by atoms with Gasteiger partial charge in [-0.2, -0.15) is 0 Å². The molecule has 2 N–H and O–H groups in total. The summed E-state index contributed by atoms with van der Waals surface area (Å²) in [6, 6.07) is -0.918. The van der Waals surface area contributed by atoms with E-state index in [0.29, 0.717) is 17.4 Å². The SMILES string of the molecule is CCCCC/C=C\C/C=C\CCCCCCCC(=O)NC(COP(=O)([O-])OCC[N+](C)(C)C)C(O)/C=C/CC/C=C/CC/C=C/CCCCCCCCCCCC. The first-order valence-corrected chi connectivity index (χ1v) is 24.6. The maximum Gasteiger partial charge on any atom is 0.268 e. The van der Waals surface area contributed by atoms with Crippen molar-refractivity contribution in [1.29, 1.82) is 0 Å². The molecule has 3 atom stereocenters. The van der Waals surface area contributed by atoms with E-state index in [2.05, 4.69) is 67.8 Å². The highest BCUT2D eigenvalue weighted by atomic mass is 31.2. The number of rotatable bonds is 41. The van der Waals surface area contributed by atoms with Crippen LogP contribution in [0.25, 0.3) is 0 Å². The number of quaternary nitrogens is 1. The van der Waals surface area contributed by atoms with Gasteiger partial charge in [0.2, 0.25) is 5.91 Å². The van der Waals surface area contributed by atoms with Gasteiger partial charge in [0.05, 0.1) is 39.9 Å². The summed E-state index contributed by atoms with van der Waals surface area (Å²) in [6.07, 6.45) is 51.3. The number of likely N-dealkylation sites (N-methyl/N-ethyl adjacent to an activating group) is 1. The quantitative estimate of drug-likeness (QED) is 0.0275. The average molecular weight is 821 g/mol. The monoisotopic (exact) mass is 821 g/mol. The van der Waals surface area contributed by atoms with Gasteiger partial charge in [-0.3, -0.25) is 9.36 Å². The molecule has 0 fully saturated rings. The fraction of sp³-hybridized carbons (Fsp3) is 0.771. The Balaban J connectivity index is 4.51. The number of phosphoric acid groups is 1. The van der Waals surface area contributed by atoms with Crippen LogP contribution in [0.4, 0.5) is 0 Å². The predicted octanol–water partition coefficient (Wildman–Crippen LogP) is 12.4. The number of hydrogen-bond acceptors (Lipinski definition) is 6. The Bertz CT molecular complexity index is 1110. The van der Waals surface area contributed by atoms with Gasteiger partial charge in [0, 0.05) is 6.42 Å². The molecule has 0 rings (SSSR count). The Morgan fingerprint density at radius 1 is 0.614 bits per heavy atom. The van der Waals surface area contributed by atoms with E-state index in [4.69, 9.17) is 9.05 Å². The minimum absolute atomic E-state index is 0.0141. The van der Waals surface area contributed by atoms with Crippen LogP contribution in [-0.2, 0) is 18.4 Å². The van der Waals surface area contributed by atoms with Crippen molar-refractivity contribution in [2.75, 3.05) is 40.9 Å². The number of aliphatic hydroxyl groups is 1. The molecule has 0 bridgehead atoms. The lowest BCUT2D eigenvalue weighted by Gasteiger charge is -2.29. The summed E-state index contributed by atoms with van der Waals surface area (Å²) < 4.78 is 23.2. The van der Waals surface area contributed by atoms with Gasteiger partial charge in [0.1, 0.15) is 13.2 Å². The first-order chi connectivity index (χ1) is 27.5. The highest BCUT2D eigenvalue weighted by Crippen LogP contribution is 2.38. The predicted molar refractivity (Wildman–Crippen MR) is 242 cm³/mol. The average Bonchev–Trinajstić information content (AvgIpc) is 3.16. The lowest BCUT2D eigenvalue weighted by atomic mass is 10.1. The molecule has 0 aliphatic heterocycles. The van der Waals surface area contributed by atoms with Crippen molar-refractivity contribution >= 4 is 13.7 Å². The van der Waals surface area contributed by atoms with Gasteiger partial charge >= 0.3 is 0 Å². The van der Waals surface area contributed by atoms with E-state index in [1.165, 1.54) is 96.3 Å². The molecule has 332 valence electrons. The second-order valence-corrected chi connectivity index (χ2v) is 18.1. The number of carbonyl (C=O) groups is 1. The second kappa shape index (κ2) is 39.6. The van der Waals surface area contributed by atoms with Crippen LogP contribution in [-0.4, -0.2) is 68.5 Å². The van der Waals surface area contributed by atoms with Gasteiger partial charge in [-0.1, -0.05) is 164 Å². The summed E-state index contributed by atoms with van der Waals surface area (Å²) in [4.78, 5) is 25.3. The third-order valence-electron chi connectivity index (χ3n) is 9.93. The van der Waals surface area contributed by atoms with E-state index in [1.54, 1.807) is 6.08 Å². The molecule has 0 aromatic rings. The molecule has 0 saturated carbocycles. The minimum Gasteiger partial charge on any atom is -0.756 e. The maximum absolute atomic E-state index is 12.8. The van der Waals surface area contributed by atoms with Crippen molar-refractivity contribution in [2.24, 2.45) is 0 Å². The number of hydrogen-bond donors (Lipinski definition) is 2.